The van der Waals surface area contributed by atoms with E-state index in [0.717, 1.165) is 12.1 Å². The van der Waals surface area contributed by atoms with Crippen LogP contribution in [0.4, 0.5) is 18.9 Å². The number of hydrogen-bond acceptors (Lipinski definition) is 4. The fourth-order valence-electron chi connectivity index (χ4n) is 2.43. The zero-order chi connectivity index (χ0) is 20.7. The highest BCUT2D eigenvalue weighted by atomic mass is 19.4. The second-order valence-corrected chi connectivity index (χ2v) is 5.74. The van der Waals surface area contributed by atoms with Gasteiger partial charge in [-0.1, -0.05) is 12.1 Å². The molecule has 0 bridgehead atoms. The van der Waals surface area contributed by atoms with Crippen LogP contribution in [0.25, 0.3) is 0 Å². The van der Waals surface area contributed by atoms with E-state index >= 15 is 0 Å². The van der Waals surface area contributed by atoms with Crippen molar-refractivity contribution in [3.05, 3.63) is 54.1 Å². The Morgan fingerprint density at radius 2 is 1.71 bits per heavy atom. The molecule has 9 heteroatoms. The predicted molar refractivity (Wildman–Crippen MR) is 96.1 cm³/mol. The third-order valence-electron chi connectivity index (χ3n) is 3.81. The number of ether oxygens (including phenoxy) is 2. The molecule has 150 valence electrons. The summed E-state index contributed by atoms with van der Waals surface area (Å²) in [5.74, 6) is -1.13. The number of hydrogen-bond donors (Lipinski definition) is 1. The fourth-order valence-corrected chi connectivity index (χ4v) is 2.43. The summed E-state index contributed by atoms with van der Waals surface area (Å²) >= 11 is 0. The molecule has 0 unspecified atom stereocenters. The third kappa shape index (κ3) is 5.63. The molecule has 0 atom stereocenters. The molecule has 0 spiro atoms. The summed E-state index contributed by atoms with van der Waals surface area (Å²) in [5, 5.41) is 0. The van der Waals surface area contributed by atoms with Gasteiger partial charge in [-0.25, -0.2) is 0 Å². The number of benzene rings is 2. The van der Waals surface area contributed by atoms with Gasteiger partial charge in [0, 0.05) is 18.7 Å². The van der Waals surface area contributed by atoms with Gasteiger partial charge >= 0.3 is 6.18 Å². The molecule has 0 saturated heterocycles. The Morgan fingerprint density at radius 3 is 2.29 bits per heavy atom. The minimum atomic E-state index is -4.61. The van der Waals surface area contributed by atoms with Crippen LogP contribution in [0, 0.1) is 0 Å². The number of para-hydroxylation sites is 1. The number of methoxy groups -OCH3 is 1. The lowest BCUT2D eigenvalue weighted by atomic mass is 10.2. The topological polar surface area (TPSA) is 81.9 Å². The Bertz CT molecular complexity index is 823. The van der Waals surface area contributed by atoms with Gasteiger partial charge in [-0.2, -0.15) is 13.2 Å². The molecule has 2 N–H and O–H groups in total. The van der Waals surface area contributed by atoms with Gasteiger partial charge in [0.25, 0.3) is 5.91 Å². The number of rotatable bonds is 8. The van der Waals surface area contributed by atoms with Gasteiger partial charge in [-0.3, -0.25) is 9.59 Å². The second-order valence-electron chi connectivity index (χ2n) is 5.74. The molecule has 2 amide bonds. The van der Waals surface area contributed by atoms with Crippen LogP contribution < -0.4 is 20.1 Å². The van der Waals surface area contributed by atoms with E-state index in [1.165, 1.54) is 24.1 Å². The summed E-state index contributed by atoms with van der Waals surface area (Å²) in [7, 11) is 1.48. The SMILES string of the molecule is COc1ccc(N(CCC(N)=O)C(=O)COc2ccccc2C(F)(F)F)cc1. The standard InChI is InChI=1S/C19H19F3N2O4/c1-27-14-8-6-13(7-9-14)24(11-10-17(23)25)18(26)12-28-16-5-3-2-4-15(16)19(20,21)22/h2-9H,10-12H2,1H3,(H2,23,25). The molecule has 6 nitrogen and oxygen atoms in total. The van der Waals surface area contributed by atoms with Crippen molar-refractivity contribution < 1.29 is 32.2 Å². The summed E-state index contributed by atoms with van der Waals surface area (Å²) < 4.78 is 49.3. The molecule has 0 aromatic heterocycles. The third-order valence-corrected chi connectivity index (χ3v) is 3.81. The van der Waals surface area contributed by atoms with Gasteiger partial charge in [0.2, 0.25) is 5.91 Å². The molecule has 2 rings (SSSR count). The molecule has 2 aromatic carbocycles. The van der Waals surface area contributed by atoms with Crippen molar-refractivity contribution in [2.75, 3.05) is 25.2 Å². The van der Waals surface area contributed by atoms with E-state index < -0.39 is 35.9 Å². The first kappa shape index (κ1) is 21.1. The second kappa shape index (κ2) is 9.12. The summed E-state index contributed by atoms with van der Waals surface area (Å²) in [4.78, 5) is 24.9. The van der Waals surface area contributed by atoms with Crippen LogP contribution in [0.5, 0.6) is 11.5 Å². The molecule has 0 radical (unpaired) electrons. The van der Waals surface area contributed by atoms with Gasteiger partial charge in [0.15, 0.2) is 6.61 Å². The summed E-state index contributed by atoms with van der Waals surface area (Å²) in [6, 6.07) is 11.0. The van der Waals surface area contributed by atoms with Crippen LogP contribution in [-0.4, -0.2) is 32.1 Å². The number of halogens is 3. The first-order valence-corrected chi connectivity index (χ1v) is 8.24. The largest absolute Gasteiger partial charge is 0.497 e. The van der Waals surface area contributed by atoms with E-state index in [9.17, 15) is 22.8 Å². The number of alkyl halides is 3. The van der Waals surface area contributed by atoms with Crippen LogP contribution >= 0.6 is 0 Å². The van der Waals surface area contributed by atoms with Crippen molar-refractivity contribution in [1.29, 1.82) is 0 Å². The van der Waals surface area contributed by atoms with Crippen LogP contribution in [-0.2, 0) is 15.8 Å². The molecule has 2 aromatic rings. The Labute approximate surface area is 159 Å². The van der Waals surface area contributed by atoms with E-state index in [0.29, 0.717) is 11.4 Å². The summed E-state index contributed by atoms with van der Waals surface area (Å²) in [5.41, 5.74) is 4.60. The molecular weight excluding hydrogens is 377 g/mol. The van der Waals surface area contributed by atoms with E-state index in [1.807, 2.05) is 0 Å². The van der Waals surface area contributed by atoms with Crippen LogP contribution in [0.3, 0.4) is 0 Å². The van der Waals surface area contributed by atoms with Gasteiger partial charge in [-0.05, 0) is 36.4 Å². The summed E-state index contributed by atoms with van der Waals surface area (Å²) in [6.07, 6.45) is -4.72. The lowest BCUT2D eigenvalue weighted by Gasteiger charge is -2.23. The Balaban J connectivity index is 2.17. The Morgan fingerprint density at radius 1 is 1.07 bits per heavy atom. The molecule has 0 heterocycles. The monoisotopic (exact) mass is 396 g/mol. The van der Waals surface area contributed by atoms with Crippen molar-refractivity contribution >= 4 is 17.5 Å². The number of carbonyl (C=O) groups is 2. The maximum Gasteiger partial charge on any atom is 0.419 e. The molecule has 0 fully saturated rings. The van der Waals surface area contributed by atoms with Crippen molar-refractivity contribution in [2.45, 2.75) is 12.6 Å². The number of amides is 2. The molecule has 0 aliphatic heterocycles. The zero-order valence-electron chi connectivity index (χ0n) is 15.0. The first-order chi connectivity index (χ1) is 13.2. The van der Waals surface area contributed by atoms with Gasteiger partial charge < -0.3 is 20.1 Å². The lowest BCUT2D eigenvalue weighted by Crippen LogP contribution is -2.37. The van der Waals surface area contributed by atoms with Crippen molar-refractivity contribution in [1.82, 2.24) is 0 Å². The van der Waals surface area contributed by atoms with Gasteiger partial charge in [0.1, 0.15) is 11.5 Å². The number of primary amides is 1. The number of anilines is 1. The zero-order valence-corrected chi connectivity index (χ0v) is 15.0. The van der Waals surface area contributed by atoms with Crippen molar-refractivity contribution in [3.63, 3.8) is 0 Å². The van der Waals surface area contributed by atoms with Crippen molar-refractivity contribution in [2.24, 2.45) is 5.73 Å². The molecule has 28 heavy (non-hydrogen) atoms. The number of nitrogens with two attached hydrogens (primary N) is 1. The fraction of sp³-hybridized carbons (Fsp3) is 0.263. The molecule has 0 saturated carbocycles. The summed E-state index contributed by atoms with van der Waals surface area (Å²) in [6.45, 7) is -0.678. The van der Waals surface area contributed by atoms with Crippen LogP contribution in [0.15, 0.2) is 48.5 Å². The van der Waals surface area contributed by atoms with E-state index in [4.69, 9.17) is 15.2 Å². The first-order valence-electron chi connectivity index (χ1n) is 8.24. The van der Waals surface area contributed by atoms with E-state index in [-0.39, 0.29) is 13.0 Å². The van der Waals surface area contributed by atoms with Gasteiger partial charge in [-0.15, -0.1) is 0 Å². The average molecular weight is 396 g/mol. The number of nitrogens with zero attached hydrogens (tertiary/aromatic N) is 1. The lowest BCUT2D eigenvalue weighted by molar-refractivity contribution is -0.139. The van der Waals surface area contributed by atoms with E-state index in [1.54, 1.807) is 24.3 Å². The highest BCUT2D eigenvalue weighted by molar-refractivity contribution is 5.95. The maximum absolute atomic E-state index is 13.0. The molecule has 0 aliphatic rings. The predicted octanol–water partition coefficient (Wildman–Crippen LogP) is 3.00. The maximum atomic E-state index is 13.0. The van der Waals surface area contributed by atoms with Crippen molar-refractivity contribution in [3.8, 4) is 11.5 Å². The average Bonchev–Trinajstić information content (AvgIpc) is 2.66. The minimum Gasteiger partial charge on any atom is -0.497 e. The highest BCUT2D eigenvalue weighted by Crippen LogP contribution is 2.35. The minimum absolute atomic E-state index is 0.0369. The van der Waals surface area contributed by atoms with E-state index in [2.05, 4.69) is 0 Å². The molecular formula is C19H19F3N2O4. The van der Waals surface area contributed by atoms with Crippen LogP contribution in [0.2, 0.25) is 0 Å². The highest BCUT2D eigenvalue weighted by Gasteiger charge is 2.34. The Hall–Kier alpha value is -3.23. The van der Waals surface area contributed by atoms with Crippen LogP contribution in [0.1, 0.15) is 12.0 Å². The quantitative estimate of drug-likeness (QED) is 0.744. The Kier molecular flexibility index (Phi) is 6.86. The number of carbonyl (C=O) groups excluding carboxylic acids is 2. The smallest absolute Gasteiger partial charge is 0.419 e. The van der Waals surface area contributed by atoms with Gasteiger partial charge in [0.05, 0.1) is 12.7 Å². The molecule has 0 aliphatic carbocycles. The normalized spacial score (nSPS) is 11.0.